The molecule has 2 aromatic rings. The number of carbonyl (C=O) groups is 3. The number of hydrogen-bond donors (Lipinski definition) is 1. The lowest BCUT2D eigenvalue weighted by atomic mass is 10.1. The van der Waals surface area contributed by atoms with Gasteiger partial charge in [0.25, 0.3) is 5.91 Å². The van der Waals surface area contributed by atoms with E-state index in [2.05, 4.69) is 10.3 Å². The van der Waals surface area contributed by atoms with E-state index in [4.69, 9.17) is 0 Å². The molecule has 1 atom stereocenters. The molecule has 0 bridgehead atoms. The number of amides is 3. The van der Waals surface area contributed by atoms with Gasteiger partial charge in [0, 0.05) is 13.1 Å². The first kappa shape index (κ1) is 14.1. The fourth-order valence-corrected chi connectivity index (χ4v) is 3.90. The van der Waals surface area contributed by atoms with E-state index < -0.39 is 6.04 Å². The van der Waals surface area contributed by atoms with Gasteiger partial charge < -0.3 is 15.1 Å². The Bertz CT molecular complexity index is 785. The van der Waals surface area contributed by atoms with Crippen LogP contribution in [-0.2, 0) is 9.59 Å². The molecule has 2 fully saturated rings. The predicted molar refractivity (Wildman–Crippen MR) is 84.0 cm³/mol. The quantitative estimate of drug-likeness (QED) is 0.803. The number of nitrogens with zero attached hydrogens (tertiary/aromatic N) is 3. The van der Waals surface area contributed by atoms with Crippen LogP contribution in [0, 0.1) is 0 Å². The molecule has 0 radical (unpaired) electrons. The Kier molecular flexibility index (Phi) is 3.26. The van der Waals surface area contributed by atoms with Gasteiger partial charge in [-0.3, -0.25) is 14.4 Å². The van der Waals surface area contributed by atoms with Crippen LogP contribution in [-0.4, -0.2) is 64.7 Å². The third-order valence-electron chi connectivity index (χ3n) is 4.18. The number of hydrogen-bond acceptors (Lipinski definition) is 5. The summed E-state index contributed by atoms with van der Waals surface area (Å²) in [6.45, 7) is 1.06. The van der Waals surface area contributed by atoms with Gasteiger partial charge in [0.2, 0.25) is 11.8 Å². The average molecular weight is 330 g/mol. The molecule has 7 nitrogen and oxygen atoms in total. The summed E-state index contributed by atoms with van der Waals surface area (Å²) in [6.07, 6.45) is 0. The standard InChI is InChI=1S/C15H14N4O3S/c20-12-7-16-13(21)10-8-18(5-6-19(10)12)15(22)14-17-9-3-1-2-4-11(9)23-14/h1-4,10H,5-8H2,(H,16,21). The summed E-state index contributed by atoms with van der Waals surface area (Å²) in [6, 6.07) is 6.99. The number of benzene rings is 1. The second-order valence-electron chi connectivity index (χ2n) is 5.56. The van der Waals surface area contributed by atoms with E-state index in [1.165, 1.54) is 11.3 Å². The highest BCUT2D eigenvalue weighted by Gasteiger charge is 2.40. The molecule has 3 heterocycles. The molecule has 3 amide bonds. The lowest BCUT2D eigenvalue weighted by Gasteiger charge is -2.42. The molecular formula is C15H14N4O3S. The van der Waals surface area contributed by atoms with Crippen molar-refractivity contribution in [3.63, 3.8) is 0 Å². The highest BCUT2D eigenvalue weighted by Crippen LogP contribution is 2.24. The maximum atomic E-state index is 12.7. The molecule has 2 aliphatic rings. The average Bonchev–Trinajstić information content (AvgIpc) is 3.01. The van der Waals surface area contributed by atoms with E-state index in [0.717, 1.165) is 10.2 Å². The van der Waals surface area contributed by atoms with Crippen molar-refractivity contribution in [2.45, 2.75) is 6.04 Å². The van der Waals surface area contributed by atoms with E-state index in [0.29, 0.717) is 18.1 Å². The SMILES string of the molecule is O=C1NCC(=O)N2CCN(C(=O)c3nc4ccccc4s3)CC12. The molecule has 8 heteroatoms. The van der Waals surface area contributed by atoms with Crippen LogP contribution in [0.1, 0.15) is 9.80 Å². The van der Waals surface area contributed by atoms with Crippen LogP contribution in [0.15, 0.2) is 24.3 Å². The summed E-state index contributed by atoms with van der Waals surface area (Å²) >= 11 is 1.35. The number of para-hydroxylation sites is 1. The van der Waals surface area contributed by atoms with Gasteiger partial charge in [-0.15, -0.1) is 11.3 Å². The Balaban J connectivity index is 1.57. The van der Waals surface area contributed by atoms with E-state index in [1.54, 1.807) is 9.80 Å². The highest BCUT2D eigenvalue weighted by atomic mass is 32.1. The Morgan fingerprint density at radius 2 is 2.09 bits per heavy atom. The molecule has 0 aliphatic carbocycles. The second-order valence-corrected chi connectivity index (χ2v) is 6.59. The fourth-order valence-electron chi connectivity index (χ4n) is 2.97. The van der Waals surface area contributed by atoms with Gasteiger partial charge in [-0.25, -0.2) is 4.98 Å². The first-order valence-corrected chi connectivity index (χ1v) is 8.17. The van der Waals surface area contributed by atoms with Crippen LogP contribution in [0.2, 0.25) is 0 Å². The third kappa shape index (κ3) is 2.35. The van der Waals surface area contributed by atoms with E-state index in [-0.39, 0.29) is 30.8 Å². The van der Waals surface area contributed by atoms with Gasteiger partial charge in [-0.05, 0) is 12.1 Å². The molecule has 2 aliphatic heterocycles. The maximum absolute atomic E-state index is 12.7. The van der Waals surface area contributed by atoms with E-state index >= 15 is 0 Å². The van der Waals surface area contributed by atoms with Crippen molar-refractivity contribution in [3.05, 3.63) is 29.3 Å². The van der Waals surface area contributed by atoms with Gasteiger partial charge >= 0.3 is 0 Å². The van der Waals surface area contributed by atoms with E-state index in [9.17, 15) is 14.4 Å². The van der Waals surface area contributed by atoms with Crippen molar-refractivity contribution < 1.29 is 14.4 Å². The lowest BCUT2D eigenvalue weighted by molar-refractivity contribution is -0.148. The number of aromatic nitrogens is 1. The summed E-state index contributed by atoms with van der Waals surface area (Å²) in [5.41, 5.74) is 0.796. The highest BCUT2D eigenvalue weighted by molar-refractivity contribution is 7.20. The molecule has 2 saturated heterocycles. The van der Waals surface area contributed by atoms with Crippen molar-refractivity contribution >= 4 is 39.3 Å². The summed E-state index contributed by atoms with van der Waals surface area (Å²) in [4.78, 5) is 44.0. The zero-order valence-electron chi connectivity index (χ0n) is 12.2. The third-order valence-corrected chi connectivity index (χ3v) is 5.21. The summed E-state index contributed by atoms with van der Waals surface area (Å²) in [5, 5.41) is 2.99. The lowest BCUT2D eigenvalue weighted by Crippen LogP contribution is -2.66. The summed E-state index contributed by atoms with van der Waals surface area (Å²) in [5.74, 6) is -0.482. The first-order valence-electron chi connectivity index (χ1n) is 7.35. The fraction of sp³-hybridized carbons (Fsp3) is 0.333. The number of carbonyl (C=O) groups excluding carboxylic acids is 3. The van der Waals surface area contributed by atoms with Crippen LogP contribution in [0.4, 0.5) is 0 Å². The normalized spacial score (nSPS) is 21.3. The predicted octanol–water partition coefficient (Wildman–Crippen LogP) is 0.0791. The minimum absolute atomic E-state index is 0.0428. The van der Waals surface area contributed by atoms with Crippen LogP contribution in [0.5, 0.6) is 0 Å². The molecule has 1 aromatic heterocycles. The van der Waals surface area contributed by atoms with Crippen molar-refractivity contribution in [1.82, 2.24) is 20.1 Å². The largest absolute Gasteiger partial charge is 0.345 e. The maximum Gasteiger partial charge on any atom is 0.283 e. The van der Waals surface area contributed by atoms with E-state index in [1.807, 2.05) is 24.3 Å². The number of rotatable bonds is 1. The van der Waals surface area contributed by atoms with Crippen LogP contribution in [0.3, 0.4) is 0 Å². The van der Waals surface area contributed by atoms with Crippen molar-refractivity contribution in [2.24, 2.45) is 0 Å². The van der Waals surface area contributed by atoms with Gasteiger partial charge in [0.1, 0.15) is 6.04 Å². The first-order chi connectivity index (χ1) is 11.1. The molecule has 118 valence electrons. The molecule has 4 rings (SSSR count). The topological polar surface area (TPSA) is 82.6 Å². The van der Waals surface area contributed by atoms with Crippen molar-refractivity contribution in [3.8, 4) is 0 Å². The molecule has 1 unspecified atom stereocenters. The number of fused-ring (bicyclic) bond motifs is 2. The Labute approximate surface area is 135 Å². The second kappa shape index (κ2) is 5.31. The Morgan fingerprint density at radius 3 is 2.91 bits per heavy atom. The summed E-state index contributed by atoms with van der Waals surface area (Å²) < 4.78 is 0.958. The van der Waals surface area contributed by atoms with Gasteiger partial charge in [0.15, 0.2) is 5.01 Å². The van der Waals surface area contributed by atoms with Gasteiger partial charge in [-0.2, -0.15) is 0 Å². The monoisotopic (exact) mass is 330 g/mol. The van der Waals surface area contributed by atoms with Crippen molar-refractivity contribution in [1.29, 1.82) is 0 Å². The Morgan fingerprint density at radius 1 is 1.26 bits per heavy atom. The zero-order chi connectivity index (χ0) is 16.0. The van der Waals surface area contributed by atoms with Crippen LogP contribution >= 0.6 is 11.3 Å². The summed E-state index contributed by atoms with van der Waals surface area (Å²) in [7, 11) is 0. The molecular weight excluding hydrogens is 316 g/mol. The molecule has 0 spiro atoms. The zero-order valence-corrected chi connectivity index (χ0v) is 13.0. The Hall–Kier alpha value is -2.48. The number of thiazole rings is 1. The molecule has 1 N–H and O–H groups in total. The molecule has 1 aromatic carbocycles. The van der Waals surface area contributed by atoms with Gasteiger partial charge in [-0.1, -0.05) is 12.1 Å². The van der Waals surface area contributed by atoms with Crippen LogP contribution < -0.4 is 5.32 Å². The van der Waals surface area contributed by atoms with Crippen LogP contribution in [0.25, 0.3) is 10.2 Å². The minimum atomic E-state index is -0.594. The molecule has 0 saturated carbocycles. The van der Waals surface area contributed by atoms with Crippen molar-refractivity contribution in [2.75, 3.05) is 26.2 Å². The number of piperazine rings is 2. The smallest absolute Gasteiger partial charge is 0.283 e. The van der Waals surface area contributed by atoms with Gasteiger partial charge in [0.05, 0.1) is 23.3 Å². The number of nitrogens with one attached hydrogen (secondary N) is 1. The minimum Gasteiger partial charge on any atom is -0.345 e. The molecule has 23 heavy (non-hydrogen) atoms.